The molecule has 0 aliphatic carbocycles. The van der Waals surface area contributed by atoms with Gasteiger partial charge in [-0.1, -0.05) is 25.1 Å². The summed E-state index contributed by atoms with van der Waals surface area (Å²) < 4.78 is 5.09. The van der Waals surface area contributed by atoms with Gasteiger partial charge in [-0.15, -0.1) is 0 Å². The summed E-state index contributed by atoms with van der Waals surface area (Å²) in [5, 5.41) is 3.25. The van der Waals surface area contributed by atoms with E-state index >= 15 is 0 Å². The Morgan fingerprint density at radius 1 is 1.44 bits per heavy atom. The smallest absolute Gasteiger partial charge is 0.248 e. The highest BCUT2D eigenvalue weighted by Gasteiger charge is 2.37. The molecule has 1 heterocycles. The van der Waals surface area contributed by atoms with Crippen LogP contribution in [-0.4, -0.2) is 32.7 Å². The number of anilines is 1. The molecule has 18 heavy (non-hydrogen) atoms. The molecule has 98 valence electrons. The number of nitrogens with one attached hydrogen (secondary N) is 1. The monoisotopic (exact) mass is 248 g/mol. The van der Waals surface area contributed by atoms with Gasteiger partial charge in [-0.3, -0.25) is 4.79 Å². The van der Waals surface area contributed by atoms with Crippen LogP contribution in [0.15, 0.2) is 18.2 Å². The maximum absolute atomic E-state index is 12.4. The van der Waals surface area contributed by atoms with Crippen molar-refractivity contribution in [2.45, 2.75) is 19.9 Å². The van der Waals surface area contributed by atoms with Crippen LogP contribution in [0.4, 0.5) is 5.69 Å². The van der Waals surface area contributed by atoms with Gasteiger partial charge in [0, 0.05) is 19.2 Å². The molecule has 4 nitrogen and oxygen atoms in total. The highest BCUT2D eigenvalue weighted by atomic mass is 16.5. The zero-order valence-electron chi connectivity index (χ0n) is 11.2. The quantitative estimate of drug-likeness (QED) is 0.861. The fraction of sp³-hybridized carbons (Fsp3) is 0.500. The van der Waals surface area contributed by atoms with Crippen molar-refractivity contribution in [3.05, 3.63) is 29.3 Å². The number of ether oxygens (including phenoxy) is 1. The van der Waals surface area contributed by atoms with E-state index in [2.05, 4.69) is 5.32 Å². The van der Waals surface area contributed by atoms with Crippen LogP contribution in [0.3, 0.4) is 0 Å². The molecule has 0 saturated carbocycles. The Bertz CT molecular complexity index is 445. The summed E-state index contributed by atoms with van der Waals surface area (Å²) in [5.74, 6) is 0.123. The second-order valence-electron chi connectivity index (χ2n) is 4.49. The molecule has 1 N–H and O–H groups in total. The van der Waals surface area contributed by atoms with E-state index in [9.17, 15) is 4.79 Å². The second kappa shape index (κ2) is 5.50. The minimum absolute atomic E-state index is 0.123. The fourth-order valence-corrected chi connectivity index (χ4v) is 2.49. The van der Waals surface area contributed by atoms with Gasteiger partial charge in [0.15, 0.2) is 0 Å². The van der Waals surface area contributed by atoms with Crippen molar-refractivity contribution in [2.24, 2.45) is 0 Å². The van der Waals surface area contributed by atoms with E-state index in [1.807, 2.05) is 36.9 Å². The van der Waals surface area contributed by atoms with E-state index in [1.54, 1.807) is 7.11 Å². The Morgan fingerprint density at radius 3 is 2.89 bits per heavy atom. The molecule has 1 aromatic rings. The van der Waals surface area contributed by atoms with Crippen LogP contribution in [-0.2, 0) is 9.53 Å². The number of amides is 1. The van der Waals surface area contributed by atoms with Crippen molar-refractivity contribution in [3.8, 4) is 0 Å². The van der Waals surface area contributed by atoms with Crippen molar-refractivity contribution >= 4 is 11.6 Å². The van der Waals surface area contributed by atoms with Crippen molar-refractivity contribution in [2.75, 3.05) is 31.7 Å². The Morgan fingerprint density at radius 2 is 2.22 bits per heavy atom. The summed E-state index contributed by atoms with van der Waals surface area (Å²) in [4.78, 5) is 14.3. The number of para-hydroxylation sites is 1. The standard InChI is InChI=1S/C14H20N2O2/c1-4-15-12-11-7-5-6-10(2)13(11)16(14(12)17)8-9-18-3/h5-7,12,15H,4,8-9H2,1-3H3. The van der Waals surface area contributed by atoms with Crippen LogP contribution in [0.25, 0.3) is 0 Å². The summed E-state index contributed by atoms with van der Waals surface area (Å²) in [6, 6.07) is 5.87. The third-order valence-electron chi connectivity index (χ3n) is 3.29. The number of aryl methyl sites for hydroxylation is 1. The zero-order valence-corrected chi connectivity index (χ0v) is 11.2. The van der Waals surface area contributed by atoms with E-state index in [0.29, 0.717) is 13.2 Å². The topological polar surface area (TPSA) is 41.6 Å². The van der Waals surface area contributed by atoms with Crippen LogP contribution in [0.1, 0.15) is 24.1 Å². The zero-order chi connectivity index (χ0) is 13.1. The molecule has 1 atom stereocenters. The van der Waals surface area contributed by atoms with E-state index in [1.165, 1.54) is 0 Å². The molecule has 0 aromatic heterocycles. The van der Waals surface area contributed by atoms with Gasteiger partial charge in [-0.2, -0.15) is 0 Å². The number of likely N-dealkylation sites (N-methyl/N-ethyl adjacent to an activating group) is 1. The van der Waals surface area contributed by atoms with E-state index < -0.39 is 0 Å². The summed E-state index contributed by atoms with van der Waals surface area (Å²) in [5.41, 5.74) is 3.26. The molecular weight excluding hydrogens is 228 g/mol. The van der Waals surface area contributed by atoms with Gasteiger partial charge in [-0.05, 0) is 19.0 Å². The van der Waals surface area contributed by atoms with E-state index in [0.717, 1.165) is 23.4 Å². The van der Waals surface area contributed by atoms with Gasteiger partial charge in [0.05, 0.1) is 12.3 Å². The highest BCUT2D eigenvalue weighted by Crippen LogP contribution is 2.37. The summed E-state index contributed by atoms with van der Waals surface area (Å²) in [6.45, 7) is 6.00. The van der Waals surface area contributed by atoms with Crippen LogP contribution < -0.4 is 10.2 Å². The number of rotatable bonds is 5. The first-order valence-corrected chi connectivity index (χ1v) is 6.34. The summed E-state index contributed by atoms with van der Waals surface area (Å²) in [7, 11) is 1.65. The SMILES string of the molecule is CCNC1C(=O)N(CCOC)c2c(C)cccc21. The van der Waals surface area contributed by atoms with Gasteiger partial charge in [0.2, 0.25) is 5.91 Å². The minimum atomic E-state index is -0.207. The molecule has 1 aromatic carbocycles. The van der Waals surface area contributed by atoms with Crippen molar-refractivity contribution in [1.29, 1.82) is 0 Å². The molecule has 1 aliphatic heterocycles. The van der Waals surface area contributed by atoms with E-state index in [4.69, 9.17) is 4.74 Å². The predicted octanol–water partition coefficient (Wildman–Crippen LogP) is 1.64. The van der Waals surface area contributed by atoms with Crippen molar-refractivity contribution < 1.29 is 9.53 Å². The Labute approximate surface area is 108 Å². The lowest BCUT2D eigenvalue weighted by Gasteiger charge is -2.19. The molecule has 4 heteroatoms. The Hall–Kier alpha value is -1.39. The number of carbonyl (C=O) groups excluding carboxylic acids is 1. The second-order valence-corrected chi connectivity index (χ2v) is 4.49. The highest BCUT2D eigenvalue weighted by molar-refractivity contribution is 6.05. The first-order valence-electron chi connectivity index (χ1n) is 6.34. The maximum Gasteiger partial charge on any atom is 0.248 e. The number of benzene rings is 1. The Balaban J connectivity index is 2.37. The first kappa shape index (κ1) is 13.1. The number of nitrogens with zero attached hydrogens (tertiary/aromatic N) is 1. The maximum atomic E-state index is 12.4. The van der Waals surface area contributed by atoms with Gasteiger partial charge in [0.25, 0.3) is 0 Å². The number of hydrogen-bond acceptors (Lipinski definition) is 3. The number of carbonyl (C=O) groups is 1. The van der Waals surface area contributed by atoms with Crippen LogP contribution in [0.2, 0.25) is 0 Å². The largest absolute Gasteiger partial charge is 0.383 e. The number of hydrogen-bond donors (Lipinski definition) is 1. The molecular formula is C14H20N2O2. The van der Waals surface area contributed by atoms with Crippen molar-refractivity contribution in [1.82, 2.24) is 5.32 Å². The molecule has 0 saturated heterocycles. The van der Waals surface area contributed by atoms with Crippen LogP contribution >= 0.6 is 0 Å². The van der Waals surface area contributed by atoms with Gasteiger partial charge < -0.3 is 15.0 Å². The lowest BCUT2D eigenvalue weighted by atomic mass is 10.1. The van der Waals surface area contributed by atoms with Crippen molar-refractivity contribution in [3.63, 3.8) is 0 Å². The molecule has 0 fully saturated rings. The molecule has 0 bridgehead atoms. The molecule has 1 amide bonds. The van der Waals surface area contributed by atoms with Gasteiger partial charge >= 0.3 is 0 Å². The Kier molecular flexibility index (Phi) is 3.99. The lowest BCUT2D eigenvalue weighted by molar-refractivity contribution is -0.120. The molecule has 0 radical (unpaired) electrons. The first-order chi connectivity index (χ1) is 8.70. The lowest BCUT2D eigenvalue weighted by Crippen LogP contribution is -2.36. The van der Waals surface area contributed by atoms with Gasteiger partial charge in [-0.25, -0.2) is 0 Å². The van der Waals surface area contributed by atoms with E-state index in [-0.39, 0.29) is 11.9 Å². The number of fused-ring (bicyclic) bond motifs is 1. The fourth-order valence-electron chi connectivity index (χ4n) is 2.49. The predicted molar refractivity (Wildman–Crippen MR) is 71.8 cm³/mol. The summed E-state index contributed by atoms with van der Waals surface area (Å²) in [6.07, 6.45) is 0. The van der Waals surface area contributed by atoms with Crippen LogP contribution in [0, 0.1) is 6.92 Å². The third-order valence-corrected chi connectivity index (χ3v) is 3.29. The van der Waals surface area contributed by atoms with Crippen LogP contribution in [0.5, 0.6) is 0 Å². The molecule has 2 rings (SSSR count). The third kappa shape index (κ3) is 2.13. The average Bonchev–Trinajstić information content (AvgIpc) is 2.63. The molecule has 0 spiro atoms. The normalized spacial score (nSPS) is 18.3. The number of methoxy groups -OCH3 is 1. The molecule has 1 aliphatic rings. The summed E-state index contributed by atoms with van der Waals surface area (Å²) >= 11 is 0. The van der Waals surface area contributed by atoms with Gasteiger partial charge in [0.1, 0.15) is 6.04 Å². The molecule has 1 unspecified atom stereocenters. The minimum Gasteiger partial charge on any atom is -0.383 e. The average molecular weight is 248 g/mol.